The zero-order chi connectivity index (χ0) is 26.7. The van der Waals surface area contributed by atoms with E-state index in [0.717, 1.165) is 11.6 Å². The Labute approximate surface area is 216 Å². The second-order valence-corrected chi connectivity index (χ2v) is 8.51. The lowest BCUT2D eigenvalue weighted by atomic mass is 9.98. The van der Waals surface area contributed by atoms with Crippen molar-refractivity contribution in [1.82, 2.24) is 9.55 Å². The number of nitrogens with zero attached hydrogens (tertiary/aromatic N) is 3. The van der Waals surface area contributed by atoms with Crippen LogP contribution in [0.1, 0.15) is 21.5 Å². The van der Waals surface area contributed by atoms with Gasteiger partial charge in [0, 0.05) is 41.9 Å². The van der Waals surface area contributed by atoms with Gasteiger partial charge in [-0.2, -0.15) is 5.26 Å². The first-order valence-electron chi connectivity index (χ1n) is 11.0. The van der Waals surface area contributed by atoms with Crippen molar-refractivity contribution in [2.45, 2.75) is 6.92 Å². The molecule has 0 radical (unpaired) electrons. The summed E-state index contributed by atoms with van der Waals surface area (Å²) >= 11 is 5.51. The number of rotatable bonds is 6. The van der Waals surface area contributed by atoms with Gasteiger partial charge < -0.3 is 15.2 Å². The number of nitrogens with one attached hydrogen (secondary N) is 2. The predicted octanol–water partition coefficient (Wildman–Crippen LogP) is 5.68. The standard InChI is InChI=1S/C27H20ClF2N5O2/c1-15-8-24-23(32-14-35(24)2)12-19(15)20-10-18(11-21(29)26(20)30)33-27(37)16-5-6-22(17(9-16)13-31)34-25(36)4-3-7-28/h3-6,8-12,14H,7H2,1-2H3,(H,33,37)(H,34,36)/b4-3+. The highest BCUT2D eigenvalue weighted by Gasteiger charge is 2.18. The lowest BCUT2D eigenvalue weighted by Crippen LogP contribution is -2.14. The molecule has 1 heterocycles. The van der Waals surface area contributed by atoms with Crippen LogP contribution in [0.25, 0.3) is 22.2 Å². The van der Waals surface area contributed by atoms with E-state index in [1.54, 1.807) is 19.3 Å². The van der Waals surface area contributed by atoms with Gasteiger partial charge in [0.25, 0.3) is 5.91 Å². The molecule has 0 aliphatic heterocycles. The molecule has 2 amide bonds. The molecule has 0 fully saturated rings. The van der Waals surface area contributed by atoms with Crippen molar-refractivity contribution in [2.24, 2.45) is 7.05 Å². The molecule has 0 aliphatic carbocycles. The number of fused-ring (bicyclic) bond motifs is 1. The summed E-state index contributed by atoms with van der Waals surface area (Å²) in [6, 6.07) is 11.7. The number of hydrogen-bond donors (Lipinski definition) is 2. The number of halogens is 3. The maximum absolute atomic E-state index is 14.8. The van der Waals surface area contributed by atoms with Crippen LogP contribution in [-0.4, -0.2) is 27.2 Å². The van der Waals surface area contributed by atoms with Crippen LogP contribution in [-0.2, 0) is 11.8 Å². The van der Waals surface area contributed by atoms with Gasteiger partial charge in [-0.1, -0.05) is 6.08 Å². The zero-order valence-corrected chi connectivity index (χ0v) is 20.5. The number of anilines is 2. The Bertz CT molecular complexity index is 1620. The minimum absolute atomic E-state index is 0.0267. The SMILES string of the molecule is Cc1cc2c(cc1-c1cc(NC(=O)c3ccc(NC(=O)/C=C/CCl)c(C#N)c3)cc(F)c1F)ncn2C. The number of hydrogen-bond acceptors (Lipinski definition) is 4. The van der Waals surface area contributed by atoms with Gasteiger partial charge in [-0.25, -0.2) is 13.8 Å². The number of aryl methyl sites for hydroxylation is 2. The molecule has 4 aromatic rings. The van der Waals surface area contributed by atoms with Gasteiger partial charge >= 0.3 is 0 Å². The summed E-state index contributed by atoms with van der Waals surface area (Å²) in [7, 11) is 1.84. The van der Waals surface area contributed by atoms with E-state index in [2.05, 4.69) is 15.6 Å². The second kappa shape index (κ2) is 10.6. The summed E-state index contributed by atoms with van der Waals surface area (Å²) in [6.07, 6.45) is 4.30. The van der Waals surface area contributed by atoms with E-state index in [-0.39, 0.29) is 33.9 Å². The average molecular weight is 520 g/mol. The predicted molar refractivity (Wildman–Crippen MR) is 138 cm³/mol. The molecule has 0 unspecified atom stereocenters. The van der Waals surface area contributed by atoms with Crippen molar-refractivity contribution in [3.8, 4) is 17.2 Å². The van der Waals surface area contributed by atoms with Gasteiger partial charge in [0.15, 0.2) is 11.6 Å². The normalized spacial score (nSPS) is 11.0. The van der Waals surface area contributed by atoms with Crippen LogP contribution >= 0.6 is 11.6 Å². The van der Waals surface area contributed by atoms with Gasteiger partial charge in [-0.3, -0.25) is 9.59 Å². The first-order chi connectivity index (χ1) is 17.7. The Morgan fingerprint density at radius 2 is 1.92 bits per heavy atom. The third-order valence-electron chi connectivity index (χ3n) is 5.67. The molecule has 2 N–H and O–H groups in total. The molecule has 10 heteroatoms. The molecule has 0 aliphatic rings. The van der Waals surface area contributed by atoms with Crippen molar-refractivity contribution in [3.05, 3.63) is 89.3 Å². The molecule has 3 aromatic carbocycles. The van der Waals surface area contributed by atoms with Crippen LogP contribution in [0.15, 0.2) is 60.9 Å². The van der Waals surface area contributed by atoms with E-state index < -0.39 is 23.4 Å². The number of carbonyl (C=O) groups excluding carboxylic acids is 2. The van der Waals surface area contributed by atoms with Gasteiger partial charge in [0.05, 0.1) is 28.6 Å². The van der Waals surface area contributed by atoms with E-state index in [0.29, 0.717) is 16.6 Å². The van der Waals surface area contributed by atoms with Crippen LogP contribution in [0.4, 0.5) is 20.2 Å². The van der Waals surface area contributed by atoms with Crippen molar-refractivity contribution >= 4 is 45.8 Å². The monoisotopic (exact) mass is 519 g/mol. The van der Waals surface area contributed by atoms with Crippen molar-refractivity contribution in [2.75, 3.05) is 16.5 Å². The quantitative estimate of drug-likeness (QED) is 0.253. The molecular weight excluding hydrogens is 500 g/mol. The highest BCUT2D eigenvalue weighted by atomic mass is 35.5. The fourth-order valence-electron chi connectivity index (χ4n) is 3.84. The molecule has 0 saturated carbocycles. The summed E-state index contributed by atoms with van der Waals surface area (Å²) in [5.41, 5.74) is 2.94. The number of imidazole rings is 1. The average Bonchev–Trinajstić information content (AvgIpc) is 3.23. The number of allylic oxidation sites excluding steroid dienone is 1. The van der Waals surface area contributed by atoms with Gasteiger partial charge in [0.2, 0.25) is 5.91 Å². The highest BCUT2D eigenvalue weighted by Crippen LogP contribution is 2.33. The largest absolute Gasteiger partial charge is 0.334 e. The van der Waals surface area contributed by atoms with E-state index in [4.69, 9.17) is 11.6 Å². The summed E-state index contributed by atoms with van der Waals surface area (Å²) in [6.45, 7) is 1.78. The van der Waals surface area contributed by atoms with Gasteiger partial charge in [-0.15, -0.1) is 11.6 Å². The number of carbonyl (C=O) groups is 2. The Balaban J connectivity index is 1.63. The number of amides is 2. The molecule has 186 valence electrons. The van der Waals surface area contributed by atoms with Crippen molar-refractivity contribution in [3.63, 3.8) is 0 Å². The lowest BCUT2D eigenvalue weighted by molar-refractivity contribution is -0.111. The smallest absolute Gasteiger partial charge is 0.255 e. The van der Waals surface area contributed by atoms with Crippen LogP contribution in [0, 0.1) is 29.9 Å². The van der Waals surface area contributed by atoms with E-state index in [1.165, 1.54) is 36.4 Å². The van der Waals surface area contributed by atoms with Crippen molar-refractivity contribution in [1.29, 1.82) is 5.26 Å². The minimum Gasteiger partial charge on any atom is -0.334 e. The molecule has 0 atom stereocenters. The summed E-state index contributed by atoms with van der Waals surface area (Å²) in [5, 5.41) is 14.5. The third-order valence-corrected chi connectivity index (χ3v) is 5.84. The molecule has 1 aromatic heterocycles. The van der Waals surface area contributed by atoms with Gasteiger partial charge in [-0.05, 0) is 54.4 Å². The fourth-order valence-corrected chi connectivity index (χ4v) is 3.93. The molecule has 0 saturated heterocycles. The maximum Gasteiger partial charge on any atom is 0.255 e. The van der Waals surface area contributed by atoms with Crippen LogP contribution in [0.2, 0.25) is 0 Å². The van der Waals surface area contributed by atoms with Crippen LogP contribution in [0.5, 0.6) is 0 Å². The minimum atomic E-state index is -1.13. The summed E-state index contributed by atoms with van der Waals surface area (Å²) in [4.78, 5) is 29.1. The number of alkyl halides is 1. The number of aromatic nitrogens is 2. The molecular formula is C27H20ClF2N5O2. The van der Waals surface area contributed by atoms with E-state index in [1.807, 2.05) is 23.8 Å². The maximum atomic E-state index is 14.8. The Kier molecular flexibility index (Phi) is 7.32. The van der Waals surface area contributed by atoms with Crippen molar-refractivity contribution < 1.29 is 18.4 Å². The Morgan fingerprint density at radius 1 is 1.14 bits per heavy atom. The van der Waals surface area contributed by atoms with Gasteiger partial charge in [0.1, 0.15) is 6.07 Å². The molecule has 0 bridgehead atoms. The van der Waals surface area contributed by atoms with Crippen LogP contribution < -0.4 is 10.6 Å². The summed E-state index contributed by atoms with van der Waals surface area (Å²) in [5.74, 6) is -3.16. The molecule has 0 spiro atoms. The fraction of sp³-hybridized carbons (Fsp3) is 0.111. The molecule has 37 heavy (non-hydrogen) atoms. The first-order valence-corrected chi connectivity index (χ1v) is 11.6. The summed E-state index contributed by atoms with van der Waals surface area (Å²) < 4.78 is 31.2. The van der Waals surface area contributed by atoms with E-state index >= 15 is 0 Å². The third kappa shape index (κ3) is 5.34. The topological polar surface area (TPSA) is 99.8 Å². The number of benzene rings is 3. The Morgan fingerprint density at radius 3 is 2.65 bits per heavy atom. The Hall–Kier alpha value is -4.55. The van der Waals surface area contributed by atoms with E-state index in [9.17, 15) is 23.6 Å². The molecule has 7 nitrogen and oxygen atoms in total. The zero-order valence-electron chi connectivity index (χ0n) is 19.8. The number of nitriles is 1. The highest BCUT2D eigenvalue weighted by molar-refractivity contribution is 6.19. The second-order valence-electron chi connectivity index (χ2n) is 8.20. The lowest BCUT2D eigenvalue weighted by Gasteiger charge is -2.13. The van der Waals surface area contributed by atoms with Crippen LogP contribution in [0.3, 0.4) is 0 Å². The molecule has 4 rings (SSSR count). The first kappa shape index (κ1) is 25.5.